The maximum atomic E-state index is 3.66. The number of hydrogen-bond acceptors (Lipinski definition) is 2. The van der Waals surface area contributed by atoms with Crippen molar-refractivity contribution in [3.8, 4) is 0 Å². The van der Waals surface area contributed by atoms with Crippen LogP contribution < -0.4 is 5.32 Å². The van der Waals surface area contributed by atoms with E-state index in [1.807, 2.05) is 11.3 Å². The molecular formula is C16H26BrNS. The molecule has 1 saturated carbocycles. The van der Waals surface area contributed by atoms with Gasteiger partial charge in [0, 0.05) is 20.8 Å². The van der Waals surface area contributed by atoms with Gasteiger partial charge >= 0.3 is 0 Å². The topological polar surface area (TPSA) is 12.0 Å². The largest absolute Gasteiger partial charge is 0.314 e. The molecule has 3 heteroatoms. The Balaban J connectivity index is 1.95. The zero-order valence-electron chi connectivity index (χ0n) is 12.1. The van der Waals surface area contributed by atoms with Crippen LogP contribution >= 0.6 is 27.3 Å². The molecule has 0 aliphatic heterocycles. The Kier molecular flexibility index (Phi) is 6.37. The third kappa shape index (κ3) is 5.20. The van der Waals surface area contributed by atoms with E-state index in [4.69, 9.17) is 0 Å². The molecular weight excluding hydrogens is 318 g/mol. The van der Waals surface area contributed by atoms with E-state index < -0.39 is 0 Å². The highest BCUT2D eigenvalue weighted by Crippen LogP contribution is 2.33. The summed E-state index contributed by atoms with van der Waals surface area (Å²) in [5, 5.41) is 5.87. The Morgan fingerprint density at radius 1 is 1.26 bits per heavy atom. The van der Waals surface area contributed by atoms with Gasteiger partial charge in [0.15, 0.2) is 0 Å². The normalized spacial score (nSPS) is 24.6. The highest BCUT2D eigenvalue weighted by Gasteiger charge is 2.24. The molecule has 108 valence electrons. The zero-order chi connectivity index (χ0) is 13.7. The van der Waals surface area contributed by atoms with Crippen molar-refractivity contribution in [1.82, 2.24) is 5.32 Å². The molecule has 0 radical (unpaired) electrons. The van der Waals surface area contributed by atoms with Crippen molar-refractivity contribution in [2.24, 2.45) is 11.8 Å². The van der Waals surface area contributed by atoms with Crippen LogP contribution in [-0.4, -0.2) is 12.6 Å². The summed E-state index contributed by atoms with van der Waals surface area (Å²) in [6.45, 7) is 5.71. The fraction of sp³-hybridized carbons (Fsp3) is 0.750. The first-order valence-electron chi connectivity index (χ1n) is 7.61. The van der Waals surface area contributed by atoms with Crippen LogP contribution in [0.2, 0.25) is 0 Å². The van der Waals surface area contributed by atoms with Crippen molar-refractivity contribution in [3.05, 3.63) is 20.8 Å². The summed E-state index contributed by atoms with van der Waals surface area (Å²) in [5.41, 5.74) is 0. The number of thiophene rings is 1. The van der Waals surface area contributed by atoms with Gasteiger partial charge in [0.2, 0.25) is 0 Å². The average molecular weight is 344 g/mol. The van der Waals surface area contributed by atoms with E-state index in [2.05, 4.69) is 46.5 Å². The minimum atomic E-state index is 0.611. The summed E-state index contributed by atoms with van der Waals surface area (Å²) >= 11 is 5.48. The summed E-state index contributed by atoms with van der Waals surface area (Å²) in [5.74, 6) is 1.74. The quantitative estimate of drug-likeness (QED) is 0.720. The van der Waals surface area contributed by atoms with Crippen molar-refractivity contribution in [1.29, 1.82) is 0 Å². The van der Waals surface area contributed by atoms with Gasteiger partial charge in [-0.1, -0.05) is 33.1 Å². The van der Waals surface area contributed by atoms with Crippen LogP contribution in [-0.2, 0) is 6.42 Å². The summed E-state index contributed by atoms with van der Waals surface area (Å²) in [6, 6.07) is 2.92. The first-order valence-corrected chi connectivity index (χ1v) is 9.28. The van der Waals surface area contributed by atoms with Crippen LogP contribution in [0.3, 0.4) is 0 Å². The van der Waals surface area contributed by atoms with E-state index >= 15 is 0 Å². The van der Waals surface area contributed by atoms with Crippen LogP contribution in [0, 0.1) is 11.8 Å². The van der Waals surface area contributed by atoms with Crippen molar-refractivity contribution >= 4 is 27.3 Å². The molecule has 1 fully saturated rings. The third-order valence-corrected chi connectivity index (χ3v) is 5.91. The van der Waals surface area contributed by atoms with Gasteiger partial charge in [-0.05, 0) is 59.6 Å². The Labute approximate surface area is 130 Å². The van der Waals surface area contributed by atoms with E-state index in [1.54, 1.807) is 4.88 Å². The summed E-state index contributed by atoms with van der Waals surface area (Å²) < 4.78 is 1.25. The Morgan fingerprint density at radius 3 is 2.63 bits per heavy atom. The molecule has 1 nitrogen and oxygen atoms in total. The van der Waals surface area contributed by atoms with Crippen LogP contribution in [0.5, 0.6) is 0 Å². The van der Waals surface area contributed by atoms with Gasteiger partial charge in [-0.3, -0.25) is 0 Å². The first kappa shape index (κ1) is 15.5. The minimum Gasteiger partial charge on any atom is -0.314 e. The van der Waals surface area contributed by atoms with Gasteiger partial charge in [0.1, 0.15) is 0 Å². The molecule has 1 aliphatic rings. The summed E-state index contributed by atoms with van der Waals surface area (Å²) in [6.07, 6.45) is 8.39. The van der Waals surface area contributed by atoms with Gasteiger partial charge in [-0.15, -0.1) is 11.3 Å². The molecule has 2 rings (SSSR count). The molecule has 1 aromatic rings. The Hall–Kier alpha value is 0.140. The average Bonchev–Trinajstić information content (AvgIpc) is 2.64. The maximum Gasteiger partial charge on any atom is 0.0285 e. The number of nitrogens with one attached hydrogen (secondary N) is 1. The molecule has 0 amide bonds. The molecule has 1 aromatic heterocycles. The van der Waals surface area contributed by atoms with E-state index in [9.17, 15) is 0 Å². The van der Waals surface area contributed by atoms with E-state index in [1.165, 1.54) is 49.5 Å². The lowest BCUT2D eigenvalue weighted by Gasteiger charge is -2.26. The fourth-order valence-electron chi connectivity index (χ4n) is 3.11. The van der Waals surface area contributed by atoms with E-state index in [-0.39, 0.29) is 0 Å². The lowest BCUT2D eigenvalue weighted by Crippen LogP contribution is -2.32. The summed E-state index contributed by atoms with van der Waals surface area (Å²) in [4.78, 5) is 1.55. The monoisotopic (exact) mass is 343 g/mol. The number of rotatable bonds is 5. The van der Waals surface area contributed by atoms with Gasteiger partial charge in [-0.2, -0.15) is 0 Å². The van der Waals surface area contributed by atoms with Crippen molar-refractivity contribution < 1.29 is 0 Å². The molecule has 1 aliphatic carbocycles. The minimum absolute atomic E-state index is 0.611. The molecule has 2 atom stereocenters. The van der Waals surface area contributed by atoms with Crippen LogP contribution in [0.1, 0.15) is 50.8 Å². The van der Waals surface area contributed by atoms with Crippen LogP contribution in [0.25, 0.3) is 0 Å². The molecule has 0 bridgehead atoms. The Bertz CT molecular complexity index is 375. The standard InChI is InChI=1S/C16H26BrNS/c1-12(2)18-10-14-7-5-3-4-6-13(14)8-16-9-15(17)11-19-16/h9,11-14,18H,3-8,10H2,1-2H3. The smallest absolute Gasteiger partial charge is 0.0285 e. The second-order valence-electron chi connectivity index (χ2n) is 6.16. The van der Waals surface area contributed by atoms with Gasteiger partial charge < -0.3 is 5.32 Å². The van der Waals surface area contributed by atoms with Gasteiger partial charge in [0.25, 0.3) is 0 Å². The molecule has 1 heterocycles. The van der Waals surface area contributed by atoms with Crippen molar-refractivity contribution in [3.63, 3.8) is 0 Å². The molecule has 2 unspecified atom stereocenters. The summed E-state index contributed by atoms with van der Waals surface area (Å²) in [7, 11) is 0. The van der Waals surface area contributed by atoms with Crippen LogP contribution in [0.15, 0.2) is 15.9 Å². The fourth-order valence-corrected chi connectivity index (χ4v) is 4.65. The van der Waals surface area contributed by atoms with Gasteiger partial charge in [0.05, 0.1) is 0 Å². The molecule has 19 heavy (non-hydrogen) atoms. The highest BCUT2D eigenvalue weighted by molar-refractivity contribution is 9.10. The highest BCUT2D eigenvalue weighted by atomic mass is 79.9. The molecule has 0 aromatic carbocycles. The molecule has 0 saturated heterocycles. The Morgan fingerprint density at radius 2 is 2.00 bits per heavy atom. The van der Waals surface area contributed by atoms with E-state index in [0.29, 0.717) is 6.04 Å². The molecule has 0 spiro atoms. The second kappa shape index (κ2) is 7.80. The number of hydrogen-bond donors (Lipinski definition) is 1. The van der Waals surface area contributed by atoms with Crippen LogP contribution in [0.4, 0.5) is 0 Å². The third-order valence-electron chi connectivity index (χ3n) is 4.19. The van der Waals surface area contributed by atoms with Crippen molar-refractivity contribution in [2.45, 2.75) is 58.4 Å². The predicted octanol–water partition coefficient (Wildman–Crippen LogP) is 5.25. The second-order valence-corrected chi connectivity index (χ2v) is 8.07. The lowest BCUT2D eigenvalue weighted by atomic mass is 9.85. The predicted molar refractivity (Wildman–Crippen MR) is 88.9 cm³/mol. The van der Waals surface area contributed by atoms with Crippen molar-refractivity contribution in [2.75, 3.05) is 6.54 Å². The first-order chi connectivity index (χ1) is 9.15. The zero-order valence-corrected chi connectivity index (χ0v) is 14.5. The maximum absolute atomic E-state index is 3.66. The van der Waals surface area contributed by atoms with E-state index in [0.717, 1.165) is 11.8 Å². The number of halogens is 1. The lowest BCUT2D eigenvalue weighted by molar-refractivity contribution is 0.292. The van der Waals surface area contributed by atoms with Gasteiger partial charge in [-0.25, -0.2) is 0 Å². The molecule has 1 N–H and O–H groups in total. The SMILES string of the molecule is CC(C)NCC1CCCCCC1Cc1cc(Br)cs1.